The molecule has 0 aromatic heterocycles. The molecule has 6 heteroatoms. The summed E-state index contributed by atoms with van der Waals surface area (Å²) in [5, 5.41) is 0. The molecule has 0 bridgehead atoms. The Morgan fingerprint density at radius 2 is 1.89 bits per heavy atom. The zero-order chi connectivity index (χ0) is 20.6. The molecule has 1 heterocycles. The molecule has 0 saturated carbocycles. The first-order chi connectivity index (χ1) is 13.1. The van der Waals surface area contributed by atoms with Gasteiger partial charge in [-0.25, -0.2) is 4.79 Å². The van der Waals surface area contributed by atoms with Gasteiger partial charge in [0.25, 0.3) is 0 Å². The summed E-state index contributed by atoms with van der Waals surface area (Å²) in [4.78, 5) is 51.2. The molecule has 1 aliphatic heterocycles. The van der Waals surface area contributed by atoms with Gasteiger partial charge in [-0.05, 0) is 30.5 Å². The number of benzene rings is 1. The molecule has 148 valence electrons. The molecule has 1 aromatic carbocycles. The zero-order valence-corrected chi connectivity index (χ0v) is 16.6. The van der Waals surface area contributed by atoms with E-state index in [0.717, 1.165) is 0 Å². The van der Waals surface area contributed by atoms with Crippen molar-refractivity contribution in [3.05, 3.63) is 42.0 Å². The van der Waals surface area contributed by atoms with Crippen molar-refractivity contribution in [2.24, 2.45) is 23.2 Å². The molecule has 0 spiro atoms. The van der Waals surface area contributed by atoms with E-state index in [9.17, 15) is 19.2 Å². The Hall–Kier alpha value is -2.76. The van der Waals surface area contributed by atoms with Crippen molar-refractivity contribution in [1.29, 1.82) is 0 Å². The summed E-state index contributed by atoms with van der Waals surface area (Å²) in [7, 11) is 0. The predicted molar refractivity (Wildman–Crippen MR) is 104 cm³/mol. The van der Waals surface area contributed by atoms with E-state index in [2.05, 4.69) is 0 Å². The van der Waals surface area contributed by atoms with E-state index < -0.39 is 11.4 Å². The highest BCUT2D eigenvalue weighted by atomic mass is 16.5. The van der Waals surface area contributed by atoms with E-state index in [0.29, 0.717) is 12.1 Å². The smallest absolute Gasteiger partial charge is 0.338 e. The van der Waals surface area contributed by atoms with Crippen LogP contribution in [-0.4, -0.2) is 30.2 Å². The first-order valence-corrected chi connectivity index (χ1v) is 9.46. The lowest BCUT2D eigenvalue weighted by molar-refractivity contribution is -0.129. The second kappa shape index (κ2) is 7.34. The van der Waals surface area contributed by atoms with Crippen LogP contribution in [0.2, 0.25) is 0 Å². The Balaban J connectivity index is 1.78. The quantitative estimate of drug-likeness (QED) is 0.453. The maximum atomic E-state index is 12.9. The molecule has 1 fully saturated rings. The summed E-state index contributed by atoms with van der Waals surface area (Å²) in [5.74, 6) is -2.04. The number of anilines is 1. The van der Waals surface area contributed by atoms with Gasteiger partial charge in [0.1, 0.15) is 0 Å². The van der Waals surface area contributed by atoms with Crippen molar-refractivity contribution in [2.75, 3.05) is 11.5 Å². The molecular formula is C22H25NO5. The molecule has 6 nitrogen and oxygen atoms in total. The van der Waals surface area contributed by atoms with Crippen LogP contribution in [0.25, 0.3) is 0 Å². The van der Waals surface area contributed by atoms with Gasteiger partial charge >= 0.3 is 5.97 Å². The van der Waals surface area contributed by atoms with Gasteiger partial charge in [0, 0.05) is 5.41 Å². The van der Waals surface area contributed by atoms with E-state index in [4.69, 9.17) is 4.74 Å². The fourth-order valence-electron chi connectivity index (χ4n) is 3.60. The topological polar surface area (TPSA) is 80.8 Å². The number of ketones is 1. The van der Waals surface area contributed by atoms with Crippen molar-refractivity contribution in [3.63, 3.8) is 0 Å². The molecule has 1 aromatic rings. The third-order valence-corrected chi connectivity index (χ3v) is 5.38. The van der Waals surface area contributed by atoms with Gasteiger partial charge in [-0.1, -0.05) is 45.9 Å². The molecule has 1 saturated heterocycles. The van der Waals surface area contributed by atoms with Crippen LogP contribution in [0.4, 0.5) is 5.69 Å². The Labute approximate surface area is 164 Å². The number of rotatable bonds is 4. The van der Waals surface area contributed by atoms with Crippen LogP contribution in [0.15, 0.2) is 36.4 Å². The number of ether oxygens (including phenoxy) is 1. The Morgan fingerprint density at radius 3 is 2.54 bits per heavy atom. The zero-order valence-electron chi connectivity index (χ0n) is 16.6. The summed E-state index contributed by atoms with van der Waals surface area (Å²) in [6, 6.07) is 6.23. The monoisotopic (exact) mass is 383 g/mol. The maximum Gasteiger partial charge on any atom is 0.338 e. The van der Waals surface area contributed by atoms with Gasteiger partial charge in [-0.15, -0.1) is 0 Å². The van der Waals surface area contributed by atoms with E-state index in [1.165, 1.54) is 17.0 Å². The average Bonchev–Trinajstić information content (AvgIpc) is 2.90. The highest BCUT2D eigenvalue weighted by Crippen LogP contribution is 2.40. The summed E-state index contributed by atoms with van der Waals surface area (Å²) in [6.45, 7) is 6.88. The van der Waals surface area contributed by atoms with Gasteiger partial charge in [0.05, 0.1) is 23.1 Å². The lowest BCUT2D eigenvalue weighted by Crippen LogP contribution is -2.31. The lowest BCUT2D eigenvalue weighted by Gasteiger charge is -2.22. The van der Waals surface area contributed by atoms with Gasteiger partial charge in [-0.2, -0.15) is 0 Å². The van der Waals surface area contributed by atoms with E-state index >= 15 is 0 Å². The van der Waals surface area contributed by atoms with Crippen molar-refractivity contribution in [3.8, 4) is 0 Å². The number of Topliss-reactive ketones (excluding diaryl/α,β-unsaturated/α-hetero) is 1. The van der Waals surface area contributed by atoms with Crippen molar-refractivity contribution < 1.29 is 23.9 Å². The molecule has 1 aliphatic carbocycles. The Bertz CT molecular complexity index is 864. The molecule has 3 atom stereocenters. The van der Waals surface area contributed by atoms with Crippen LogP contribution in [0.5, 0.6) is 0 Å². The summed E-state index contributed by atoms with van der Waals surface area (Å²) in [5.41, 5.74) is -0.0496. The Morgan fingerprint density at radius 1 is 1.18 bits per heavy atom. The molecule has 2 amide bonds. The highest BCUT2D eigenvalue weighted by molar-refractivity contribution is 6.22. The van der Waals surface area contributed by atoms with Gasteiger partial charge < -0.3 is 4.74 Å². The van der Waals surface area contributed by atoms with Crippen LogP contribution in [0.1, 0.15) is 44.5 Å². The number of carbonyl (C=O) groups is 4. The lowest BCUT2D eigenvalue weighted by atomic mass is 9.78. The van der Waals surface area contributed by atoms with Gasteiger partial charge in [0.2, 0.25) is 11.8 Å². The highest BCUT2D eigenvalue weighted by Gasteiger charge is 2.50. The van der Waals surface area contributed by atoms with Crippen LogP contribution < -0.4 is 4.90 Å². The molecular weight excluding hydrogens is 358 g/mol. The molecule has 0 radical (unpaired) electrons. The number of esters is 1. The number of allylic oxidation sites excluding steroid dienone is 2. The number of hydrogen-bond donors (Lipinski definition) is 0. The molecule has 3 rings (SSSR count). The van der Waals surface area contributed by atoms with Crippen LogP contribution in [-0.2, 0) is 19.1 Å². The van der Waals surface area contributed by atoms with Gasteiger partial charge in [-0.3, -0.25) is 19.3 Å². The second-order valence-electron chi connectivity index (χ2n) is 8.47. The molecule has 0 N–H and O–H groups in total. The first kappa shape index (κ1) is 20.0. The average molecular weight is 383 g/mol. The number of nitrogens with zero attached hydrogens (tertiary/aromatic N) is 1. The number of amides is 2. The SMILES string of the molecule is C[C@@H]1C=CC[C@@H]2C(=O)N(c3cccc(C(=O)OCC(=O)C(C)(C)C)c3)C(=O)[C@@H]12. The predicted octanol–water partition coefficient (Wildman–Crippen LogP) is 3.16. The Kier molecular flexibility index (Phi) is 5.24. The summed E-state index contributed by atoms with van der Waals surface area (Å²) in [6.07, 6.45) is 4.46. The minimum absolute atomic E-state index is 0.00300. The summed E-state index contributed by atoms with van der Waals surface area (Å²) < 4.78 is 5.11. The first-order valence-electron chi connectivity index (χ1n) is 9.46. The molecule has 2 aliphatic rings. The standard InChI is InChI=1S/C22H25NO5/c1-13-7-5-10-16-18(13)20(26)23(19(16)25)15-9-6-8-14(11-15)21(27)28-12-17(24)22(2,3)4/h5-9,11,13,16,18H,10,12H2,1-4H3/t13-,16+,18+/m1/s1. The third kappa shape index (κ3) is 3.63. The van der Waals surface area contributed by atoms with E-state index in [-0.39, 0.29) is 47.5 Å². The summed E-state index contributed by atoms with van der Waals surface area (Å²) >= 11 is 0. The van der Waals surface area contributed by atoms with E-state index in [1.807, 2.05) is 19.1 Å². The van der Waals surface area contributed by atoms with Gasteiger partial charge in [0.15, 0.2) is 12.4 Å². The van der Waals surface area contributed by atoms with Crippen LogP contribution in [0.3, 0.4) is 0 Å². The third-order valence-electron chi connectivity index (χ3n) is 5.38. The minimum atomic E-state index is -0.661. The van der Waals surface area contributed by atoms with Crippen LogP contribution in [0, 0.1) is 23.2 Å². The minimum Gasteiger partial charge on any atom is -0.454 e. The van der Waals surface area contributed by atoms with Crippen molar-refractivity contribution >= 4 is 29.3 Å². The molecule has 28 heavy (non-hydrogen) atoms. The van der Waals surface area contributed by atoms with Crippen molar-refractivity contribution in [2.45, 2.75) is 34.1 Å². The second-order valence-corrected chi connectivity index (χ2v) is 8.47. The number of imide groups is 1. The maximum absolute atomic E-state index is 12.9. The van der Waals surface area contributed by atoms with Crippen LogP contribution >= 0.6 is 0 Å². The largest absolute Gasteiger partial charge is 0.454 e. The number of carbonyl (C=O) groups excluding carboxylic acids is 4. The number of hydrogen-bond acceptors (Lipinski definition) is 5. The number of fused-ring (bicyclic) bond motifs is 1. The van der Waals surface area contributed by atoms with Crippen molar-refractivity contribution in [1.82, 2.24) is 0 Å². The molecule has 0 unspecified atom stereocenters. The van der Waals surface area contributed by atoms with E-state index in [1.54, 1.807) is 32.9 Å². The fourth-order valence-corrected chi connectivity index (χ4v) is 3.60. The normalized spacial score (nSPS) is 24.3. The fraction of sp³-hybridized carbons (Fsp3) is 0.455.